The number of aryl methyl sites for hydroxylation is 1. The van der Waals surface area contributed by atoms with Crippen molar-refractivity contribution >= 4 is 23.2 Å². The summed E-state index contributed by atoms with van der Waals surface area (Å²) in [5.41, 5.74) is 5.88. The molecule has 1 aromatic heterocycles. The largest absolute Gasteiger partial charge is 0.497 e. The minimum atomic E-state index is -0.352. The van der Waals surface area contributed by atoms with Gasteiger partial charge in [0.25, 0.3) is 11.8 Å². The van der Waals surface area contributed by atoms with Crippen molar-refractivity contribution in [3.8, 4) is 17.2 Å². The van der Waals surface area contributed by atoms with Gasteiger partial charge in [0.15, 0.2) is 5.76 Å². The van der Waals surface area contributed by atoms with E-state index in [2.05, 4.69) is 15.8 Å². The van der Waals surface area contributed by atoms with Crippen LogP contribution in [-0.2, 0) is 6.42 Å². The molecule has 2 amide bonds. The number of hydrogen-bond acceptors (Lipinski definition) is 6. The Hall–Kier alpha value is -4.85. The Morgan fingerprint density at radius 2 is 1.53 bits per heavy atom. The van der Waals surface area contributed by atoms with Crippen LogP contribution >= 0.6 is 0 Å². The normalized spacial score (nSPS) is 13.5. The lowest BCUT2D eigenvalue weighted by Gasteiger charge is -2.13. The van der Waals surface area contributed by atoms with Gasteiger partial charge in [0, 0.05) is 28.8 Å². The molecule has 0 fully saturated rings. The SMILES string of the molecule is COc1ccc(C(=O)N/N=C2\CCCc3oc(C(=O)Nc4ccc(Oc5ccccc5)cc4)c(C)c32)cc1. The highest BCUT2D eigenvalue weighted by Crippen LogP contribution is 2.31. The third-order valence-corrected chi connectivity index (χ3v) is 6.27. The number of ether oxygens (including phenoxy) is 2. The Kier molecular flexibility index (Phi) is 7.21. The fourth-order valence-corrected chi connectivity index (χ4v) is 4.34. The Labute approximate surface area is 220 Å². The van der Waals surface area contributed by atoms with Crippen LogP contribution in [0.15, 0.2) is 88.4 Å². The molecule has 8 nitrogen and oxygen atoms in total. The number of nitrogens with one attached hydrogen (secondary N) is 2. The van der Waals surface area contributed by atoms with Crippen molar-refractivity contribution in [1.29, 1.82) is 0 Å². The summed E-state index contributed by atoms with van der Waals surface area (Å²) in [6, 6.07) is 23.4. The van der Waals surface area contributed by atoms with Crippen LogP contribution in [0, 0.1) is 6.92 Å². The summed E-state index contributed by atoms with van der Waals surface area (Å²) >= 11 is 0. The van der Waals surface area contributed by atoms with Gasteiger partial charge in [-0.2, -0.15) is 5.10 Å². The molecule has 0 saturated carbocycles. The van der Waals surface area contributed by atoms with Crippen molar-refractivity contribution in [2.75, 3.05) is 12.4 Å². The number of amides is 2. The second-order valence-electron chi connectivity index (χ2n) is 8.83. The molecule has 4 aromatic rings. The molecule has 0 bridgehead atoms. The first-order chi connectivity index (χ1) is 18.5. The van der Waals surface area contributed by atoms with Crippen LogP contribution in [0.4, 0.5) is 5.69 Å². The zero-order valence-corrected chi connectivity index (χ0v) is 21.1. The van der Waals surface area contributed by atoms with Crippen LogP contribution in [0.2, 0.25) is 0 Å². The van der Waals surface area contributed by atoms with Crippen molar-refractivity contribution < 1.29 is 23.5 Å². The lowest BCUT2D eigenvalue weighted by atomic mass is 9.93. The molecule has 3 aromatic carbocycles. The molecular formula is C30H27N3O5. The summed E-state index contributed by atoms with van der Waals surface area (Å²) in [6.45, 7) is 1.83. The summed E-state index contributed by atoms with van der Waals surface area (Å²) in [5, 5.41) is 7.27. The minimum Gasteiger partial charge on any atom is -0.497 e. The number of carbonyl (C=O) groups is 2. The average Bonchev–Trinajstić information content (AvgIpc) is 3.30. The second kappa shape index (κ2) is 11.0. The molecule has 1 heterocycles. The van der Waals surface area contributed by atoms with Gasteiger partial charge in [-0.05, 0) is 80.4 Å². The van der Waals surface area contributed by atoms with E-state index in [1.807, 2.05) is 37.3 Å². The third kappa shape index (κ3) is 5.44. The van der Waals surface area contributed by atoms with Crippen LogP contribution in [-0.4, -0.2) is 24.6 Å². The first-order valence-corrected chi connectivity index (χ1v) is 12.3. The number of hydrazone groups is 1. The van der Waals surface area contributed by atoms with E-state index in [4.69, 9.17) is 13.9 Å². The highest BCUT2D eigenvalue weighted by Gasteiger charge is 2.28. The lowest BCUT2D eigenvalue weighted by molar-refractivity contribution is 0.0953. The van der Waals surface area contributed by atoms with E-state index in [0.717, 1.165) is 17.7 Å². The van der Waals surface area contributed by atoms with Crippen LogP contribution in [0.5, 0.6) is 17.2 Å². The van der Waals surface area contributed by atoms with E-state index in [9.17, 15) is 9.59 Å². The van der Waals surface area contributed by atoms with E-state index in [0.29, 0.717) is 52.6 Å². The summed E-state index contributed by atoms with van der Waals surface area (Å²) in [5.74, 6) is 2.32. The van der Waals surface area contributed by atoms with Gasteiger partial charge in [-0.15, -0.1) is 0 Å². The van der Waals surface area contributed by atoms with Gasteiger partial charge in [0.2, 0.25) is 0 Å². The molecule has 0 unspecified atom stereocenters. The van der Waals surface area contributed by atoms with Gasteiger partial charge < -0.3 is 19.2 Å². The number of rotatable bonds is 7. The Balaban J connectivity index is 1.28. The fourth-order valence-electron chi connectivity index (χ4n) is 4.34. The predicted octanol–water partition coefficient (Wildman–Crippen LogP) is 6.11. The van der Waals surface area contributed by atoms with Crippen LogP contribution in [0.3, 0.4) is 0 Å². The fraction of sp³-hybridized carbons (Fsp3) is 0.167. The summed E-state index contributed by atoms with van der Waals surface area (Å²) in [6.07, 6.45) is 2.17. The zero-order chi connectivity index (χ0) is 26.5. The Bertz CT molecular complexity index is 1470. The standard InChI is InChI=1S/C30H27N3O5/c1-19-27-25(32-33-29(34)20-11-15-22(36-2)16-12-20)9-6-10-26(27)38-28(19)30(35)31-21-13-17-24(18-14-21)37-23-7-4-3-5-8-23/h3-5,7-8,11-18H,6,9-10H2,1-2H3,(H,31,35)(H,33,34)/b32-25+. The van der Waals surface area contributed by atoms with Crippen LogP contribution in [0.25, 0.3) is 0 Å². The first-order valence-electron chi connectivity index (χ1n) is 12.3. The smallest absolute Gasteiger partial charge is 0.291 e. The Morgan fingerprint density at radius 1 is 0.842 bits per heavy atom. The molecular weight excluding hydrogens is 482 g/mol. The van der Waals surface area contributed by atoms with E-state index in [-0.39, 0.29) is 17.6 Å². The van der Waals surface area contributed by atoms with Gasteiger partial charge >= 0.3 is 0 Å². The number of methoxy groups -OCH3 is 1. The molecule has 0 atom stereocenters. The molecule has 1 aliphatic carbocycles. The minimum absolute atomic E-state index is 0.232. The van der Waals surface area contributed by atoms with Crippen molar-refractivity contribution in [3.05, 3.63) is 107 Å². The molecule has 1 aliphatic rings. The number of para-hydroxylation sites is 1. The first kappa shape index (κ1) is 24.8. The molecule has 0 radical (unpaired) electrons. The molecule has 5 rings (SSSR count). The van der Waals surface area contributed by atoms with Crippen molar-refractivity contribution in [2.24, 2.45) is 5.10 Å². The molecule has 192 valence electrons. The lowest BCUT2D eigenvalue weighted by Crippen LogP contribution is -2.22. The molecule has 0 aliphatic heterocycles. The maximum absolute atomic E-state index is 13.1. The number of benzene rings is 3. The predicted molar refractivity (Wildman–Crippen MR) is 144 cm³/mol. The van der Waals surface area contributed by atoms with E-state index in [1.165, 1.54) is 0 Å². The number of nitrogens with zero attached hydrogens (tertiary/aromatic N) is 1. The van der Waals surface area contributed by atoms with E-state index in [1.54, 1.807) is 55.6 Å². The maximum Gasteiger partial charge on any atom is 0.291 e. The van der Waals surface area contributed by atoms with E-state index >= 15 is 0 Å². The highest BCUT2D eigenvalue weighted by molar-refractivity contribution is 6.09. The monoisotopic (exact) mass is 509 g/mol. The quantitative estimate of drug-likeness (QED) is 0.293. The van der Waals surface area contributed by atoms with E-state index < -0.39 is 0 Å². The molecule has 0 saturated heterocycles. The summed E-state index contributed by atoms with van der Waals surface area (Å²) < 4.78 is 16.9. The molecule has 2 N–H and O–H groups in total. The summed E-state index contributed by atoms with van der Waals surface area (Å²) in [7, 11) is 1.57. The third-order valence-electron chi connectivity index (χ3n) is 6.27. The molecule has 8 heteroatoms. The van der Waals surface area contributed by atoms with Crippen molar-refractivity contribution in [1.82, 2.24) is 5.43 Å². The highest BCUT2D eigenvalue weighted by atomic mass is 16.5. The number of furan rings is 1. The van der Waals surface area contributed by atoms with Gasteiger partial charge in [0.1, 0.15) is 23.0 Å². The number of fused-ring (bicyclic) bond motifs is 1. The van der Waals surface area contributed by atoms with Gasteiger partial charge in [-0.25, -0.2) is 5.43 Å². The molecule has 38 heavy (non-hydrogen) atoms. The average molecular weight is 510 g/mol. The maximum atomic E-state index is 13.1. The number of hydrogen-bond donors (Lipinski definition) is 2. The number of anilines is 1. The summed E-state index contributed by atoms with van der Waals surface area (Å²) in [4.78, 5) is 25.7. The van der Waals surface area contributed by atoms with Crippen LogP contribution in [0.1, 0.15) is 50.6 Å². The topological polar surface area (TPSA) is 102 Å². The zero-order valence-electron chi connectivity index (χ0n) is 21.1. The molecule has 0 spiro atoms. The van der Waals surface area contributed by atoms with Gasteiger partial charge in [-0.1, -0.05) is 18.2 Å². The van der Waals surface area contributed by atoms with Crippen molar-refractivity contribution in [3.63, 3.8) is 0 Å². The van der Waals surface area contributed by atoms with Crippen molar-refractivity contribution in [2.45, 2.75) is 26.2 Å². The van der Waals surface area contributed by atoms with Gasteiger partial charge in [0.05, 0.1) is 12.8 Å². The van der Waals surface area contributed by atoms with Crippen LogP contribution < -0.4 is 20.2 Å². The Morgan fingerprint density at radius 3 is 2.24 bits per heavy atom. The second-order valence-corrected chi connectivity index (χ2v) is 8.83. The van der Waals surface area contributed by atoms with Gasteiger partial charge in [-0.3, -0.25) is 9.59 Å². The number of carbonyl (C=O) groups excluding carboxylic acids is 2.